The van der Waals surface area contributed by atoms with Gasteiger partial charge in [0, 0.05) is 37.9 Å². The number of nitro benzene ring substituents is 1. The highest BCUT2D eigenvalue weighted by Gasteiger charge is 2.33. The van der Waals surface area contributed by atoms with E-state index in [0.717, 1.165) is 18.4 Å². The Balaban J connectivity index is 1.75. The third-order valence-corrected chi connectivity index (χ3v) is 4.84. The predicted molar refractivity (Wildman–Crippen MR) is 108 cm³/mol. The van der Waals surface area contributed by atoms with Crippen molar-refractivity contribution in [2.24, 2.45) is 0 Å². The molecule has 0 saturated heterocycles. The molecule has 0 unspecified atom stereocenters. The second-order valence-electron chi connectivity index (χ2n) is 7.02. The number of nitrogens with one attached hydrogen (secondary N) is 1. The summed E-state index contributed by atoms with van der Waals surface area (Å²) in [6.45, 7) is 1.27. The lowest BCUT2D eigenvalue weighted by Crippen LogP contribution is -2.35. The molecule has 7 nitrogen and oxygen atoms in total. The van der Waals surface area contributed by atoms with Crippen molar-refractivity contribution in [3.63, 3.8) is 0 Å². The molecule has 1 aliphatic carbocycles. The highest BCUT2D eigenvalue weighted by Crippen LogP contribution is 2.31. The van der Waals surface area contributed by atoms with Gasteiger partial charge in [-0.3, -0.25) is 14.9 Å². The lowest BCUT2D eigenvalue weighted by molar-refractivity contribution is -0.384. The maximum atomic E-state index is 13.4. The third kappa shape index (κ3) is 5.51. The Hall–Kier alpha value is -3.00. The first kappa shape index (κ1) is 20.7. The summed E-state index contributed by atoms with van der Waals surface area (Å²) >= 11 is 0. The standard InChI is InChI=1S/C21H24FN3O4/c1-29-12-10-23-19-8-5-16(14-20(19)25(27)28)21(26)24(18-6-7-18)11-9-15-3-2-4-17(22)13-15/h2-5,8,13-14,18,23H,6-7,9-12H2,1H3. The van der Waals surface area contributed by atoms with Crippen molar-refractivity contribution in [1.82, 2.24) is 4.90 Å². The fraction of sp³-hybridized carbons (Fsp3) is 0.381. The zero-order chi connectivity index (χ0) is 20.8. The van der Waals surface area contributed by atoms with E-state index in [2.05, 4.69) is 5.32 Å². The minimum atomic E-state index is -0.500. The van der Waals surface area contributed by atoms with Crippen molar-refractivity contribution in [3.05, 3.63) is 69.5 Å². The fourth-order valence-electron chi connectivity index (χ4n) is 3.20. The number of ether oxygens (including phenoxy) is 1. The number of nitrogens with zero attached hydrogens (tertiary/aromatic N) is 2. The van der Waals surface area contributed by atoms with E-state index in [4.69, 9.17) is 4.74 Å². The molecule has 0 bridgehead atoms. The highest BCUT2D eigenvalue weighted by atomic mass is 19.1. The average Bonchev–Trinajstić information content (AvgIpc) is 3.53. The van der Waals surface area contributed by atoms with Crippen LogP contribution in [0.3, 0.4) is 0 Å². The van der Waals surface area contributed by atoms with Crippen molar-refractivity contribution in [2.75, 3.05) is 32.1 Å². The minimum Gasteiger partial charge on any atom is -0.383 e. The molecule has 1 N–H and O–H groups in total. The molecule has 3 rings (SSSR count). The molecule has 2 aromatic carbocycles. The second kappa shape index (κ2) is 9.47. The SMILES string of the molecule is COCCNc1ccc(C(=O)N(CCc2cccc(F)c2)C2CC2)cc1[N+](=O)[O-]. The number of anilines is 1. The summed E-state index contributed by atoms with van der Waals surface area (Å²) in [4.78, 5) is 25.7. The fourth-order valence-corrected chi connectivity index (χ4v) is 3.20. The molecule has 0 spiro atoms. The van der Waals surface area contributed by atoms with Gasteiger partial charge in [-0.15, -0.1) is 0 Å². The van der Waals surface area contributed by atoms with Gasteiger partial charge in [-0.1, -0.05) is 12.1 Å². The molecule has 29 heavy (non-hydrogen) atoms. The lowest BCUT2D eigenvalue weighted by atomic mass is 10.1. The molecule has 1 saturated carbocycles. The number of hydrogen-bond donors (Lipinski definition) is 1. The van der Waals surface area contributed by atoms with Crippen molar-refractivity contribution in [2.45, 2.75) is 25.3 Å². The lowest BCUT2D eigenvalue weighted by Gasteiger charge is -2.23. The molecule has 2 aromatic rings. The van der Waals surface area contributed by atoms with Gasteiger partial charge >= 0.3 is 0 Å². The summed E-state index contributed by atoms with van der Waals surface area (Å²) in [5, 5.41) is 14.4. The Morgan fingerprint density at radius 1 is 1.31 bits per heavy atom. The molecule has 0 atom stereocenters. The molecular formula is C21H24FN3O4. The van der Waals surface area contributed by atoms with E-state index < -0.39 is 4.92 Å². The smallest absolute Gasteiger partial charge is 0.293 e. The van der Waals surface area contributed by atoms with E-state index in [1.807, 2.05) is 6.07 Å². The molecule has 8 heteroatoms. The number of nitro groups is 1. The van der Waals surface area contributed by atoms with Crippen LogP contribution in [0.25, 0.3) is 0 Å². The number of hydrogen-bond acceptors (Lipinski definition) is 5. The summed E-state index contributed by atoms with van der Waals surface area (Å²) in [7, 11) is 1.55. The Bertz CT molecular complexity index is 886. The van der Waals surface area contributed by atoms with Crippen LogP contribution in [0, 0.1) is 15.9 Å². The molecule has 1 aliphatic rings. The Morgan fingerprint density at radius 3 is 2.76 bits per heavy atom. The number of halogens is 1. The minimum absolute atomic E-state index is 0.134. The Morgan fingerprint density at radius 2 is 2.10 bits per heavy atom. The van der Waals surface area contributed by atoms with E-state index in [0.29, 0.717) is 31.8 Å². The number of methoxy groups -OCH3 is 1. The largest absolute Gasteiger partial charge is 0.383 e. The maximum Gasteiger partial charge on any atom is 0.293 e. The van der Waals surface area contributed by atoms with Gasteiger partial charge in [0.2, 0.25) is 0 Å². The topological polar surface area (TPSA) is 84.7 Å². The maximum absolute atomic E-state index is 13.4. The summed E-state index contributed by atoms with van der Waals surface area (Å²) in [6, 6.07) is 10.9. The van der Waals surface area contributed by atoms with Crippen LogP contribution >= 0.6 is 0 Å². The van der Waals surface area contributed by atoms with Crippen LogP contribution < -0.4 is 5.32 Å². The molecule has 0 aromatic heterocycles. The Kier molecular flexibility index (Phi) is 6.77. The first-order valence-corrected chi connectivity index (χ1v) is 9.56. The molecular weight excluding hydrogens is 377 g/mol. The normalized spacial score (nSPS) is 13.2. The number of benzene rings is 2. The molecule has 1 amide bonds. The quantitative estimate of drug-likeness (QED) is 0.373. The Labute approximate surface area is 168 Å². The van der Waals surface area contributed by atoms with Gasteiger partial charge in [-0.05, 0) is 49.1 Å². The monoisotopic (exact) mass is 401 g/mol. The molecule has 0 heterocycles. The van der Waals surface area contributed by atoms with Crippen molar-refractivity contribution in [1.29, 1.82) is 0 Å². The first-order chi connectivity index (χ1) is 14.0. The van der Waals surface area contributed by atoms with Gasteiger partial charge in [0.05, 0.1) is 11.5 Å². The number of rotatable bonds is 10. The third-order valence-electron chi connectivity index (χ3n) is 4.84. The molecule has 0 radical (unpaired) electrons. The van der Waals surface area contributed by atoms with Gasteiger partial charge < -0.3 is 15.0 Å². The van der Waals surface area contributed by atoms with Crippen molar-refractivity contribution in [3.8, 4) is 0 Å². The van der Waals surface area contributed by atoms with E-state index in [9.17, 15) is 19.3 Å². The average molecular weight is 401 g/mol. The summed E-state index contributed by atoms with van der Waals surface area (Å²) in [6.07, 6.45) is 2.35. The van der Waals surface area contributed by atoms with Crippen LogP contribution in [-0.4, -0.2) is 48.6 Å². The van der Waals surface area contributed by atoms with E-state index >= 15 is 0 Å². The van der Waals surface area contributed by atoms with Gasteiger partial charge in [0.1, 0.15) is 11.5 Å². The van der Waals surface area contributed by atoms with Crippen LogP contribution in [0.1, 0.15) is 28.8 Å². The van der Waals surface area contributed by atoms with Crippen molar-refractivity contribution >= 4 is 17.3 Å². The first-order valence-electron chi connectivity index (χ1n) is 9.56. The van der Waals surface area contributed by atoms with Crippen LogP contribution in [0.2, 0.25) is 0 Å². The molecule has 154 valence electrons. The van der Waals surface area contributed by atoms with Crippen LogP contribution in [0.15, 0.2) is 42.5 Å². The van der Waals surface area contributed by atoms with Crippen LogP contribution in [0.4, 0.5) is 15.8 Å². The van der Waals surface area contributed by atoms with Gasteiger partial charge in [0.15, 0.2) is 0 Å². The van der Waals surface area contributed by atoms with E-state index in [1.165, 1.54) is 18.2 Å². The van der Waals surface area contributed by atoms with E-state index in [1.54, 1.807) is 30.2 Å². The summed E-state index contributed by atoms with van der Waals surface area (Å²) < 4.78 is 18.3. The van der Waals surface area contributed by atoms with Gasteiger partial charge in [-0.25, -0.2) is 4.39 Å². The summed E-state index contributed by atoms with van der Waals surface area (Å²) in [5.41, 5.74) is 1.29. The van der Waals surface area contributed by atoms with Gasteiger partial charge in [0.25, 0.3) is 11.6 Å². The van der Waals surface area contributed by atoms with E-state index in [-0.39, 0.29) is 29.0 Å². The number of carbonyl (C=O) groups is 1. The second-order valence-corrected chi connectivity index (χ2v) is 7.02. The summed E-state index contributed by atoms with van der Waals surface area (Å²) in [5.74, 6) is -0.547. The molecule has 1 fully saturated rings. The van der Waals surface area contributed by atoms with Crippen LogP contribution in [0.5, 0.6) is 0 Å². The zero-order valence-corrected chi connectivity index (χ0v) is 16.3. The van der Waals surface area contributed by atoms with Crippen molar-refractivity contribution < 1.29 is 18.8 Å². The number of carbonyl (C=O) groups excluding carboxylic acids is 1. The predicted octanol–water partition coefficient (Wildman–Crippen LogP) is 3.64. The zero-order valence-electron chi connectivity index (χ0n) is 16.3. The number of amides is 1. The van der Waals surface area contributed by atoms with Gasteiger partial charge in [-0.2, -0.15) is 0 Å². The van der Waals surface area contributed by atoms with Crippen LogP contribution in [-0.2, 0) is 11.2 Å². The molecule has 0 aliphatic heterocycles. The highest BCUT2D eigenvalue weighted by molar-refractivity contribution is 5.96.